The number of phenolic OH excluding ortho intramolecular Hbond substituents is 2. The molecule has 0 spiro atoms. The van der Waals surface area contributed by atoms with Gasteiger partial charge in [0.15, 0.2) is 0 Å². The molecule has 4 N–H and O–H groups in total. The summed E-state index contributed by atoms with van der Waals surface area (Å²) in [5, 5.41) is 27.0. The fraction of sp³-hybridized carbons (Fsp3) is 0.304. The fourth-order valence-corrected chi connectivity index (χ4v) is 3.99. The summed E-state index contributed by atoms with van der Waals surface area (Å²) in [7, 11) is 5.76. The zero-order valence-corrected chi connectivity index (χ0v) is 17.4. The molecular weight excluding hydrogens is 380 g/mol. The molecule has 0 radical (unpaired) electrons. The van der Waals surface area contributed by atoms with Gasteiger partial charge in [0.1, 0.15) is 11.5 Å². The van der Waals surface area contributed by atoms with Crippen molar-refractivity contribution in [2.75, 3.05) is 34.2 Å². The standard InChI is InChI=1S/C23H26N4O3/c1-24-10-8-13-12-25-17-6-4-14(21(28)19(13)17)15-5-7-18-20(22(15)29)16(23(30)26-18)9-11-27(2)3/h4-7,12,24-25,28-29H,8-11H2,1-3H3. The van der Waals surface area contributed by atoms with E-state index in [1.54, 1.807) is 18.2 Å². The smallest absolute Gasteiger partial charge is 0.274 e. The van der Waals surface area contributed by atoms with Gasteiger partial charge in [0.05, 0.1) is 10.6 Å². The van der Waals surface area contributed by atoms with Gasteiger partial charge >= 0.3 is 0 Å². The number of hydrogen-bond donors (Lipinski definition) is 4. The van der Waals surface area contributed by atoms with Crippen molar-refractivity contribution >= 4 is 22.4 Å². The number of phenols is 2. The van der Waals surface area contributed by atoms with Crippen molar-refractivity contribution in [3.63, 3.8) is 0 Å². The summed E-state index contributed by atoms with van der Waals surface area (Å²) in [4.78, 5) is 21.7. The van der Waals surface area contributed by atoms with Crippen molar-refractivity contribution in [1.29, 1.82) is 0 Å². The molecule has 2 heterocycles. The van der Waals surface area contributed by atoms with Crippen LogP contribution in [0, 0.1) is 0 Å². The van der Waals surface area contributed by atoms with Crippen LogP contribution in [0.25, 0.3) is 27.6 Å². The molecule has 0 aliphatic carbocycles. The number of nitrogens with one attached hydrogen (secondary N) is 2. The highest BCUT2D eigenvalue weighted by atomic mass is 16.3. The molecule has 3 aromatic rings. The first-order valence-electron chi connectivity index (χ1n) is 10.0. The first kappa shape index (κ1) is 20.1. The summed E-state index contributed by atoms with van der Waals surface area (Å²) in [6.07, 6.45) is 3.16. The van der Waals surface area contributed by atoms with E-state index < -0.39 is 0 Å². The molecule has 0 fully saturated rings. The Morgan fingerprint density at radius 1 is 1.07 bits per heavy atom. The van der Waals surface area contributed by atoms with Crippen molar-refractivity contribution < 1.29 is 15.0 Å². The third kappa shape index (κ3) is 3.36. The topological polar surface area (TPSA) is 101 Å². The number of aromatic nitrogens is 1. The van der Waals surface area contributed by atoms with E-state index in [1.165, 1.54) is 0 Å². The van der Waals surface area contributed by atoms with Crippen molar-refractivity contribution in [2.45, 2.75) is 12.8 Å². The minimum absolute atomic E-state index is 0.0159. The van der Waals surface area contributed by atoms with Crippen LogP contribution in [0.2, 0.25) is 0 Å². The highest BCUT2D eigenvalue weighted by Crippen LogP contribution is 2.40. The summed E-state index contributed by atoms with van der Waals surface area (Å²) >= 11 is 0. The molecule has 4 rings (SSSR count). The van der Waals surface area contributed by atoms with Gasteiger partial charge in [-0.15, -0.1) is 0 Å². The van der Waals surface area contributed by atoms with Crippen molar-refractivity contribution in [3.05, 3.63) is 46.6 Å². The number of amides is 1. The van der Waals surface area contributed by atoms with Crippen LogP contribution in [0.5, 0.6) is 11.5 Å². The van der Waals surface area contributed by atoms with Crippen molar-refractivity contribution in [1.82, 2.24) is 15.2 Å². The number of carbonyl (C=O) groups is 1. The number of rotatable bonds is 7. The largest absolute Gasteiger partial charge is 0.507 e. The molecule has 156 valence electrons. The lowest BCUT2D eigenvalue weighted by Gasteiger charge is -2.11. The molecule has 7 nitrogen and oxygen atoms in total. The Labute approximate surface area is 174 Å². The fourth-order valence-electron chi connectivity index (χ4n) is 3.99. The summed E-state index contributed by atoms with van der Waals surface area (Å²) in [5.41, 5.74) is 3.37. The molecular formula is C23H26N4O3. The second-order valence-corrected chi connectivity index (χ2v) is 7.86. The van der Waals surface area contributed by atoms with E-state index in [9.17, 15) is 15.0 Å². The lowest BCUT2D eigenvalue weighted by Crippen LogP contribution is -2.25. The molecule has 2 aromatic carbocycles. The molecule has 1 aliphatic rings. The van der Waals surface area contributed by atoms with E-state index >= 15 is 0 Å². The van der Waals surface area contributed by atoms with Gasteiger partial charge in [-0.3, -0.25) is 4.79 Å². The van der Waals surface area contributed by atoms with Crippen LogP contribution in [0.4, 0.5) is 0 Å². The second kappa shape index (κ2) is 7.93. The summed E-state index contributed by atoms with van der Waals surface area (Å²) in [6, 6.07) is 7.12. The molecule has 0 saturated heterocycles. The van der Waals surface area contributed by atoms with Crippen molar-refractivity contribution in [3.8, 4) is 22.6 Å². The van der Waals surface area contributed by atoms with Gasteiger partial charge in [-0.25, -0.2) is 4.99 Å². The van der Waals surface area contributed by atoms with Gasteiger partial charge in [-0.2, -0.15) is 0 Å². The molecule has 0 atom stereocenters. The lowest BCUT2D eigenvalue weighted by molar-refractivity contribution is -0.112. The minimum atomic E-state index is -0.307. The molecule has 0 bridgehead atoms. The Balaban J connectivity index is 1.89. The van der Waals surface area contributed by atoms with Crippen LogP contribution in [0.1, 0.15) is 12.0 Å². The summed E-state index contributed by atoms with van der Waals surface area (Å²) < 4.78 is 0. The van der Waals surface area contributed by atoms with Crippen LogP contribution in [-0.4, -0.2) is 60.2 Å². The Kier molecular flexibility index (Phi) is 5.32. The predicted molar refractivity (Wildman–Crippen MR) is 117 cm³/mol. The maximum absolute atomic E-state index is 12.4. The molecule has 1 aliphatic heterocycles. The summed E-state index contributed by atoms with van der Waals surface area (Å²) in [5.74, 6) is -0.206. The number of fused-ring (bicyclic) bond motifs is 2. The highest BCUT2D eigenvalue weighted by Gasteiger charge is 2.22. The average molecular weight is 406 g/mol. The van der Waals surface area contributed by atoms with Crippen LogP contribution in [0.3, 0.4) is 0 Å². The van der Waals surface area contributed by atoms with E-state index in [4.69, 9.17) is 0 Å². The Morgan fingerprint density at radius 3 is 2.53 bits per heavy atom. The second-order valence-electron chi connectivity index (χ2n) is 7.86. The molecule has 0 unspecified atom stereocenters. The number of aromatic hydroxyl groups is 2. The predicted octanol–water partition coefficient (Wildman–Crippen LogP) is 1.27. The SMILES string of the molecule is CNCCc1c[nH]c2ccc(-c3ccc4c(c3O)=C(CCN(C)C)C(=O)N=4)c(O)c12. The van der Waals surface area contributed by atoms with E-state index in [0.717, 1.165) is 29.4 Å². The molecule has 30 heavy (non-hydrogen) atoms. The van der Waals surface area contributed by atoms with E-state index in [-0.39, 0.29) is 17.4 Å². The quantitative estimate of drug-likeness (QED) is 0.473. The summed E-state index contributed by atoms with van der Waals surface area (Å²) in [6.45, 7) is 1.46. The number of benzene rings is 2. The normalized spacial score (nSPS) is 13.3. The first-order chi connectivity index (χ1) is 14.4. The monoisotopic (exact) mass is 406 g/mol. The lowest BCUT2D eigenvalue weighted by atomic mass is 9.97. The van der Waals surface area contributed by atoms with Gasteiger partial charge in [-0.1, -0.05) is 0 Å². The van der Waals surface area contributed by atoms with Crippen LogP contribution in [0.15, 0.2) is 35.5 Å². The molecule has 1 amide bonds. The Morgan fingerprint density at radius 2 is 1.80 bits per heavy atom. The van der Waals surface area contributed by atoms with Gasteiger partial charge < -0.3 is 25.4 Å². The number of aromatic amines is 1. The molecule has 1 aromatic heterocycles. The highest BCUT2D eigenvalue weighted by molar-refractivity contribution is 6.16. The third-order valence-electron chi connectivity index (χ3n) is 5.58. The average Bonchev–Trinajstić information content (AvgIpc) is 3.27. The van der Waals surface area contributed by atoms with E-state index in [1.807, 2.05) is 38.3 Å². The maximum atomic E-state index is 12.4. The number of nitrogens with zero attached hydrogens (tertiary/aromatic N) is 2. The van der Waals surface area contributed by atoms with E-state index in [2.05, 4.69) is 15.3 Å². The number of H-pyrrole nitrogens is 1. The number of hydrogen-bond acceptors (Lipinski definition) is 5. The number of carbonyl (C=O) groups excluding carboxylic acids is 1. The van der Waals surface area contributed by atoms with Gasteiger partial charge in [0.25, 0.3) is 5.91 Å². The number of likely N-dealkylation sites (N-methyl/N-ethyl adjacent to an activating group) is 1. The van der Waals surface area contributed by atoms with E-state index in [0.29, 0.717) is 40.2 Å². The van der Waals surface area contributed by atoms with Crippen molar-refractivity contribution in [2.24, 2.45) is 4.99 Å². The maximum Gasteiger partial charge on any atom is 0.274 e. The Hall–Kier alpha value is -3.16. The van der Waals surface area contributed by atoms with Gasteiger partial charge in [0, 0.05) is 40.3 Å². The van der Waals surface area contributed by atoms with Crippen LogP contribution in [-0.2, 0) is 11.2 Å². The Bertz CT molecular complexity index is 1260. The zero-order valence-electron chi connectivity index (χ0n) is 17.4. The molecule has 0 saturated carbocycles. The van der Waals surface area contributed by atoms with Crippen LogP contribution >= 0.6 is 0 Å². The van der Waals surface area contributed by atoms with Crippen LogP contribution < -0.4 is 15.9 Å². The molecule has 7 heteroatoms. The van der Waals surface area contributed by atoms with Gasteiger partial charge in [0.2, 0.25) is 0 Å². The minimum Gasteiger partial charge on any atom is -0.507 e. The first-order valence-corrected chi connectivity index (χ1v) is 10.0. The third-order valence-corrected chi connectivity index (χ3v) is 5.58. The zero-order chi connectivity index (χ0) is 21.4. The van der Waals surface area contributed by atoms with Gasteiger partial charge in [-0.05, 0) is 70.4 Å².